The smallest absolute Gasteiger partial charge is 0.223 e. The number of carbonyl (C=O) groups is 1. The van der Waals surface area contributed by atoms with Gasteiger partial charge in [0.25, 0.3) is 0 Å². The summed E-state index contributed by atoms with van der Waals surface area (Å²) in [5.74, 6) is 0.689. The number of hydrogen-bond donors (Lipinski definition) is 1. The fourth-order valence-corrected chi connectivity index (χ4v) is 4.09. The van der Waals surface area contributed by atoms with Crippen molar-refractivity contribution in [3.8, 4) is 5.75 Å². The fraction of sp³-hybridized carbons (Fsp3) is 0.182. The van der Waals surface area contributed by atoms with Crippen LogP contribution in [-0.2, 0) is 4.79 Å². The van der Waals surface area contributed by atoms with Gasteiger partial charge < -0.3 is 10.1 Å². The van der Waals surface area contributed by atoms with Gasteiger partial charge in [0.15, 0.2) is 4.34 Å². The number of anilines is 1. The molecule has 1 aromatic heterocycles. The van der Waals surface area contributed by atoms with Crippen molar-refractivity contribution in [3.63, 3.8) is 0 Å². The molecule has 2 aromatic rings. The molecular weight excluding hydrogens is 302 g/mol. The van der Waals surface area contributed by atoms with Crippen LogP contribution in [0.4, 0.5) is 5.13 Å². The van der Waals surface area contributed by atoms with Gasteiger partial charge in [-0.2, -0.15) is 0 Å². The van der Waals surface area contributed by atoms with E-state index in [9.17, 15) is 4.79 Å². The first-order valence-electron chi connectivity index (χ1n) is 5.27. The van der Waals surface area contributed by atoms with Gasteiger partial charge in [0, 0.05) is 11.8 Å². The number of aromatic nitrogens is 2. The van der Waals surface area contributed by atoms with Crippen molar-refractivity contribution in [3.05, 3.63) is 24.3 Å². The Morgan fingerprint density at radius 3 is 2.63 bits per heavy atom. The number of carbonyl (C=O) groups excluding carboxylic acids is 1. The zero-order valence-corrected chi connectivity index (χ0v) is 12.7. The van der Waals surface area contributed by atoms with Crippen LogP contribution in [0.3, 0.4) is 0 Å². The lowest BCUT2D eigenvalue weighted by Crippen LogP contribution is -2.04. The van der Waals surface area contributed by atoms with Crippen LogP contribution in [0.25, 0.3) is 0 Å². The molecule has 1 heterocycles. The molecule has 1 aromatic carbocycles. The highest BCUT2D eigenvalue weighted by atomic mass is 33.1. The average molecular weight is 313 g/mol. The van der Waals surface area contributed by atoms with Crippen LogP contribution >= 0.6 is 32.9 Å². The van der Waals surface area contributed by atoms with Gasteiger partial charge in [-0.3, -0.25) is 4.79 Å². The number of ether oxygens (including phenoxy) is 1. The molecule has 0 spiro atoms. The summed E-state index contributed by atoms with van der Waals surface area (Å²) in [4.78, 5) is 12.0. The largest absolute Gasteiger partial charge is 0.497 e. The van der Waals surface area contributed by atoms with E-state index in [4.69, 9.17) is 4.74 Å². The molecule has 0 saturated carbocycles. The molecule has 19 heavy (non-hydrogen) atoms. The Morgan fingerprint density at radius 2 is 2.00 bits per heavy atom. The zero-order valence-electron chi connectivity index (χ0n) is 10.2. The van der Waals surface area contributed by atoms with E-state index in [2.05, 4.69) is 15.5 Å². The second kappa shape index (κ2) is 6.78. The normalized spacial score (nSPS) is 10.2. The van der Waals surface area contributed by atoms with Gasteiger partial charge in [-0.15, -0.1) is 10.2 Å². The van der Waals surface area contributed by atoms with E-state index in [-0.39, 0.29) is 5.91 Å². The summed E-state index contributed by atoms with van der Waals surface area (Å²) in [6, 6.07) is 7.77. The molecule has 1 N–H and O–H groups in total. The minimum absolute atomic E-state index is 0.143. The SMILES string of the molecule is COc1ccc(SSc2nnc(NC(C)=O)s2)cc1. The van der Waals surface area contributed by atoms with Gasteiger partial charge in [0.05, 0.1) is 7.11 Å². The van der Waals surface area contributed by atoms with E-state index in [1.54, 1.807) is 17.9 Å². The molecule has 0 bridgehead atoms. The summed E-state index contributed by atoms with van der Waals surface area (Å²) in [5, 5.41) is 11.0. The van der Waals surface area contributed by atoms with Gasteiger partial charge in [-0.25, -0.2) is 0 Å². The summed E-state index contributed by atoms with van der Waals surface area (Å²) >= 11 is 1.35. The Bertz CT molecular complexity index is 557. The van der Waals surface area contributed by atoms with Gasteiger partial charge in [-0.1, -0.05) is 22.1 Å². The number of benzene rings is 1. The number of rotatable bonds is 5. The maximum Gasteiger partial charge on any atom is 0.223 e. The van der Waals surface area contributed by atoms with Crippen LogP contribution in [0.15, 0.2) is 33.5 Å². The predicted octanol–water partition coefficient (Wildman–Crippen LogP) is 3.30. The van der Waals surface area contributed by atoms with Crippen LogP contribution in [0.1, 0.15) is 6.92 Å². The first-order valence-corrected chi connectivity index (χ1v) is 8.23. The summed E-state index contributed by atoms with van der Waals surface area (Å²) in [7, 11) is 4.73. The first-order chi connectivity index (χ1) is 9.17. The summed E-state index contributed by atoms with van der Waals surface area (Å²) in [5.41, 5.74) is 0. The molecule has 8 heteroatoms. The molecule has 0 atom stereocenters. The number of amides is 1. The topological polar surface area (TPSA) is 64.1 Å². The third-order valence-corrected chi connectivity index (χ3v) is 5.48. The highest BCUT2D eigenvalue weighted by molar-refractivity contribution is 8.77. The third kappa shape index (κ3) is 4.41. The first kappa shape index (κ1) is 14.2. The Labute approximate surface area is 122 Å². The maximum absolute atomic E-state index is 10.9. The fourth-order valence-electron chi connectivity index (χ4n) is 1.16. The lowest BCUT2D eigenvalue weighted by Gasteiger charge is -2.00. The van der Waals surface area contributed by atoms with Crippen molar-refractivity contribution >= 4 is 44.0 Å². The molecule has 2 rings (SSSR count). The van der Waals surface area contributed by atoms with Crippen molar-refractivity contribution in [2.45, 2.75) is 16.2 Å². The van der Waals surface area contributed by atoms with Crippen LogP contribution < -0.4 is 10.1 Å². The Hall–Kier alpha value is -1.25. The average Bonchev–Trinajstić information content (AvgIpc) is 2.84. The standard InChI is InChI=1S/C11H11N3O2S3/c1-7(15)12-10-13-14-11(17-10)19-18-9-5-3-8(16-2)4-6-9/h3-6H,1-2H3,(H,12,13,15). The lowest BCUT2D eigenvalue weighted by atomic mass is 10.3. The van der Waals surface area contributed by atoms with E-state index in [0.717, 1.165) is 15.0 Å². The van der Waals surface area contributed by atoms with Crippen molar-refractivity contribution in [1.82, 2.24) is 10.2 Å². The number of hydrogen-bond acceptors (Lipinski definition) is 7. The van der Waals surface area contributed by atoms with E-state index in [1.807, 2.05) is 24.3 Å². The van der Waals surface area contributed by atoms with Crippen LogP contribution in [0, 0.1) is 0 Å². The summed E-state index contributed by atoms with van der Waals surface area (Å²) < 4.78 is 5.89. The maximum atomic E-state index is 10.9. The zero-order chi connectivity index (χ0) is 13.7. The molecule has 0 saturated heterocycles. The van der Waals surface area contributed by atoms with Gasteiger partial charge in [-0.05, 0) is 35.1 Å². The van der Waals surface area contributed by atoms with E-state index >= 15 is 0 Å². The van der Waals surface area contributed by atoms with Gasteiger partial charge in [0.2, 0.25) is 11.0 Å². The third-order valence-electron chi connectivity index (χ3n) is 1.96. The summed E-state index contributed by atoms with van der Waals surface area (Å²) in [6.07, 6.45) is 0. The highest BCUT2D eigenvalue weighted by Gasteiger charge is 2.07. The Kier molecular flexibility index (Phi) is 5.06. The van der Waals surface area contributed by atoms with E-state index in [0.29, 0.717) is 5.13 Å². The predicted molar refractivity (Wildman–Crippen MR) is 78.9 cm³/mol. The molecule has 0 aliphatic heterocycles. The lowest BCUT2D eigenvalue weighted by molar-refractivity contribution is -0.114. The molecule has 0 radical (unpaired) electrons. The Balaban J connectivity index is 1.90. The van der Waals surface area contributed by atoms with Crippen LogP contribution in [0.5, 0.6) is 5.75 Å². The molecule has 5 nitrogen and oxygen atoms in total. The molecule has 0 aliphatic carbocycles. The number of nitrogens with zero attached hydrogens (tertiary/aromatic N) is 2. The second-order valence-corrected chi connectivity index (χ2v) is 6.82. The summed E-state index contributed by atoms with van der Waals surface area (Å²) in [6.45, 7) is 1.44. The number of nitrogens with one attached hydrogen (secondary N) is 1. The van der Waals surface area contributed by atoms with Crippen LogP contribution in [-0.4, -0.2) is 23.2 Å². The molecule has 0 unspecified atom stereocenters. The van der Waals surface area contributed by atoms with Gasteiger partial charge >= 0.3 is 0 Å². The number of methoxy groups -OCH3 is 1. The molecule has 1 amide bonds. The second-order valence-electron chi connectivity index (χ2n) is 3.40. The monoisotopic (exact) mass is 313 g/mol. The Morgan fingerprint density at radius 1 is 1.26 bits per heavy atom. The van der Waals surface area contributed by atoms with Gasteiger partial charge in [0.1, 0.15) is 5.75 Å². The molecular formula is C11H11N3O2S3. The van der Waals surface area contributed by atoms with Crippen molar-refractivity contribution in [2.24, 2.45) is 0 Å². The highest BCUT2D eigenvalue weighted by Crippen LogP contribution is 2.39. The van der Waals surface area contributed by atoms with Crippen LogP contribution in [0.2, 0.25) is 0 Å². The van der Waals surface area contributed by atoms with Crippen molar-refractivity contribution < 1.29 is 9.53 Å². The molecule has 0 aliphatic rings. The minimum atomic E-state index is -0.143. The molecule has 100 valence electrons. The minimum Gasteiger partial charge on any atom is -0.497 e. The van der Waals surface area contributed by atoms with Crippen molar-refractivity contribution in [2.75, 3.05) is 12.4 Å². The van der Waals surface area contributed by atoms with E-state index in [1.165, 1.54) is 29.1 Å². The quantitative estimate of drug-likeness (QED) is 0.675. The van der Waals surface area contributed by atoms with E-state index < -0.39 is 0 Å². The molecule has 0 fully saturated rings. The van der Waals surface area contributed by atoms with Crippen molar-refractivity contribution in [1.29, 1.82) is 0 Å².